The summed E-state index contributed by atoms with van der Waals surface area (Å²) in [6.07, 6.45) is 0.794. The minimum absolute atomic E-state index is 0.256. The summed E-state index contributed by atoms with van der Waals surface area (Å²) in [5.41, 5.74) is 0. The fourth-order valence-electron chi connectivity index (χ4n) is 0.176. The van der Waals surface area contributed by atoms with E-state index in [1.54, 1.807) is 0 Å². The Kier molecular flexibility index (Phi) is 4.16. The Morgan fingerprint density at radius 2 is 2.17 bits per heavy atom. The molecule has 0 aliphatic rings. The average molecular weight is 83.1 g/mol. The molecule has 0 saturated carbocycles. The van der Waals surface area contributed by atoms with Gasteiger partial charge in [-0.2, -0.15) is 0 Å². The molecule has 0 aromatic heterocycles. The van der Waals surface area contributed by atoms with Gasteiger partial charge < -0.3 is 0 Å². The van der Waals surface area contributed by atoms with Gasteiger partial charge in [0.2, 0.25) is 0 Å². The van der Waals surface area contributed by atoms with Gasteiger partial charge in [0.15, 0.2) is 0 Å². The molecule has 0 fully saturated rings. The zero-order chi connectivity index (χ0) is 4.83. The van der Waals surface area contributed by atoms with Crippen LogP contribution >= 0.6 is 0 Å². The Labute approximate surface area is 38.0 Å². The van der Waals surface area contributed by atoms with E-state index < -0.39 is 0 Å². The maximum absolute atomic E-state index is 9.52. The third kappa shape index (κ3) is 3.52. The molecule has 0 aromatic rings. The molecule has 0 N–H and O–H groups in total. The Morgan fingerprint density at radius 1 is 1.50 bits per heavy atom. The second kappa shape index (κ2) is 4.52. The first-order chi connectivity index (χ1) is 2.91. The van der Waals surface area contributed by atoms with Crippen molar-refractivity contribution in [3.8, 4) is 11.8 Å². The van der Waals surface area contributed by atoms with Gasteiger partial charge in [-0.25, -0.2) is 5.11 Å². The second-order valence-electron chi connectivity index (χ2n) is 0.851. The summed E-state index contributed by atoms with van der Waals surface area (Å²) in [4.78, 5) is 0. The Hall–Kier alpha value is -0.480. The molecular weight excluding hydrogens is 76.1 g/mol. The van der Waals surface area contributed by atoms with E-state index in [0.29, 0.717) is 0 Å². The number of hydrogen-bond acceptors (Lipinski definition) is 0. The molecule has 0 amide bonds. The molecule has 0 aliphatic heterocycles. The topological polar surface area (TPSA) is 19.9 Å². The minimum atomic E-state index is -0.256. The van der Waals surface area contributed by atoms with Crippen LogP contribution < -0.4 is 0 Å². The molecule has 0 atom stereocenters. The highest BCUT2D eigenvalue weighted by atomic mass is 16.2. The van der Waals surface area contributed by atoms with Gasteiger partial charge in [0, 0.05) is 6.42 Å². The zero-order valence-electron chi connectivity index (χ0n) is 3.82. The SMILES string of the molecule is CCC#CC[O]. The first-order valence-corrected chi connectivity index (χ1v) is 1.95. The highest BCUT2D eigenvalue weighted by Crippen LogP contribution is 1.63. The molecule has 0 aliphatic carbocycles. The van der Waals surface area contributed by atoms with Gasteiger partial charge in [-0.3, -0.25) is 0 Å². The molecule has 0 saturated heterocycles. The molecule has 0 unspecified atom stereocenters. The van der Waals surface area contributed by atoms with Crippen molar-refractivity contribution < 1.29 is 5.11 Å². The normalized spacial score (nSPS) is 6.33. The largest absolute Gasteiger partial charge is 0.223 e. The van der Waals surface area contributed by atoms with E-state index in [0.717, 1.165) is 6.42 Å². The molecular formula is C5H7O. The van der Waals surface area contributed by atoms with Crippen LogP contribution in [-0.2, 0) is 5.11 Å². The van der Waals surface area contributed by atoms with Gasteiger partial charge >= 0.3 is 0 Å². The van der Waals surface area contributed by atoms with Crippen LogP contribution in [0.3, 0.4) is 0 Å². The van der Waals surface area contributed by atoms with E-state index in [-0.39, 0.29) is 6.61 Å². The van der Waals surface area contributed by atoms with Crippen LogP contribution in [0, 0.1) is 11.8 Å². The third-order valence-corrected chi connectivity index (χ3v) is 0.374. The summed E-state index contributed by atoms with van der Waals surface area (Å²) in [6, 6.07) is 0. The van der Waals surface area contributed by atoms with Crippen LogP contribution in [0.15, 0.2) is 0 Å². The summed E-state index contributed by atoms with van der Waals surface area (Å²) in [6.45, 7) is 1.66. The van der Waals surface area contributed by atoms with Crippen molar-refractivity contribution in [1.82, 2.24) is 0 Å². The minimum Gasteiger partial charge on any atom is -0.223 e. The van der Waals surface area contributed by atoms with Crippen molar-refractivity contribution in [2.45, 2.75) is 13.3 Å². The fourth-order valence-corrected chi connectivity index (χ4v) is 0.176. The molecule has 0 aromatic carbocycles. The summed E-state index contributed by atoms with van der Waals surface area (Å²) < 4.78 is 0. The van der Waals surface area contributed by atoms with Crippen molar-refractivity contribution in [3.63, 3.8) is 0 Å². The molecule has 0 bridgehead atoms. The fraction of sp³-hybridized carbons (Fsp3) is 0.600. The van der Waals surface area contributed by atoms with E-state index in [2.05, 4.69) is 11.8 Å². The second-order valence-corrected chi connectivity index (χ2v) is 0.851. The maximum Gasteiger partial charge on any atom is 0.143 e. The van der Waals surface area contributed by atoms with E-state index in [1.807, 2.05) is 6.92 Å². The third-order valence-electron chi connectivity index (χ3n) is 0.374. The molecule has 1 nitrogen and oxygen atoms in total. The van der Waals surface area contributed by atoms with Gasteiger partial charge in [0.1, 0.15) is 6.61 Å². The van der Waals surface area contributed by atoms with Crippen LogP contribution in [-0.4, -0.2) is 6.61 Å². The van der Waals surface area contributed by atoms with Gasteiger partial charge in [-0.15, -0.1) is 5.92 Å². The molecule has 0 spiro atoms. The van der Waals surface area contributed by atoms with E-state index in [1.165, 1.54) is 0 Å². The van der Waals surface area contributed by atoms with E-state index in [4.69, 9.17) is 0 Å². The zero-order valence-corrected chi connectivity index (χ0v) is 3.82. The quantitative estimate of drug-likeness (QED) is 0.386. The Bertz CT molecular complexity index is 57.7. The molecule has 1 heteroatoms. The summed E-state index contributed by atoms with van der Waals surface area (Å²) in [7, 11) is 0. The van der Waals surface area contributed by atoms with Gasteiger partial charge in [-0.1, -0.05) is 12.8 Å². The van der Waals surface area contributed by atoms with Crippen molar-refractivity contribution in [2.24, 2.45) is 0 Å². The molecule has 0 heterocycles. The van der Waals surface area contributed by atoms with Crippen molar-refractivity contribution >= 4 is 0 Å². The highest BCUT2D eigenvalue weighted by Gasteiger charge is 1.58. The first kappa shape index (κ1) is 5.52. The highest BCUT2D eigenvalue weighted by molar-refractivity contribution is 4.96. The van der Waals surface area contributed by atoms with Crippen LogP contribution in [0.25, 0.3) is 0 Å². The van der Waals surface area contributed by atoms with E-state index in [9.17, 15) is 5.11 Å². The molecule has 33 valence electrons. The van der Waals surface area contributed by atoms with Crippen LogP contribution in [0.2, 0.25) is 0 Å². The van der Waals surface area contributed by atoms with Crippen molar-refractivity contribution in [2.75, 3.05) is 6.61 Å². The van der Waals surface area contributed by atoms with E-state index >= 15 is 0 Å². The monoisotopic (exact) mass is 83.0 g/mol. The van der Waals surface area contributed by atoms with Crippen LogP contribution in [0.1, 0.15) is 13.3 Å². The Balaban J connectivity index is 2.90. The van der Waals surface area contributed by atoms with Crippen molar-refractivity contribution in [1.29, 1.82) is 0 Å². The van der Waals surface area contributed by atoms with Crippen molar-refractivity contribution in [3.05, 3.63) is 0 Å². The lowest BCUT2D eigenvalue weighted by Crippen LogP contribution is -1.65. The maximum atomic E-state index is 9.52. The lowest BCUT2D eigenvalue weighted by molar-refractivity contribution is 0.239. The summed E-state index contributed by atoms with van der Waals surface area (Å²) in [5, 5.41) is 9.52. The summed E-state index contributed by atoms with van der Waals surface area (Å²) in [5.74, 6) is 5.03. The standard InChI is InChI=1S/C5H7O/c1-2-3-4-5-6/h2,5H2,1H3. The lowest BCUT2D eigenvalue weighted by Gasteiger charge is -1.63. The number of hydrogen-bond donors (Lipinski definition) is 0. The predicted molar refractivity (Wildman–Crippen MR) is 23.6 cm³/mol. The Morgan fingerprint density at radius 3 is 2.33 bits per heavy atom. The lowest BCUT2D eigenvalue weighted by atomic mass is 10.5. The van der Waals surface area contributed by atoms with Gasteiger partial charge in [-0.05, 0) is 0 Å². The molecule has 6 heavy (non-hydrogen) atoms. The first-order valence-electron chi connectivity index (χ1n) is 1.95. The molecule has 1 radical (unpaired) electrons. The smallest absolute Gasteiger partial charge is 0.143 e. The van der Waals surface area contributed by atoms with Crippen LogP contribution in [0.5, 0.6) is 0 Å². The van der Waals surface area contributed by atoms with Gasteiger partial charge in [0.05, 0.1) is 0 Å². The molecule has 0 rings (SSSR count). The number of rotatable bonds is 0. The van der Waals surface area contributed by atoms with Crippen LogP contribution in [0.4, 0.5) is 0 Å². The van der Waals surface area contributed by atoms with Gasteiger partial charge in [0.25, 0.3) is 0 Å². The average Bonchev–Trinajstić information content (AvgIpc) is 1.61. The predicted octanol–water partition coefficient (Wildman–Crippen LogP) is 0.830. The summed E-state index contributed by atoms with van der Waals surface area (Å²) >= 11 is 0.